The molecule has 19 heavy (non-hydrogen) atoms. The molecule has 5 nitrogen and oxygen atoms in total. The van der Waals surface area contributed by atoms with Crippen molar-refractivity contribution in [1.82, 2.24) is 0 Å². The standard InChI is InChI=1S/C13H21O5S/c1-10(2)13(15)17-8-11(3)18-12(14)9-19-6-4-16-5-7-19/h11H,1,4-9H2,2-3H3/q+1. The van der Waals surface area contributed by atoms with Crippen LogP contribution in [0.15, 0.2) is 12.2 Å². The molecule has 0 aromatic heterocycles. The molecule has 1 unspecified atom stereocenters. The summed E-state index contributed by atoms with van der Waals surface area (Å²) in [5, 5.41) is 0. The molecule has 1 aliphatic rings. The highest BCUT2D eigenvalue weighted by Gasteiger charge is 2.27. The van der Waals surface area contributed by atoms with Gasteiger partial charge in [0.15, 0.2) is 0 Å². The maximum Gasteiger partial charge on any atom is 0.356 e. The van der Waals surface area contributed by atoms with Crippen molar-refractivity contribution in [2.24, 2.45) is 0 Å². The second-order valence-corrected chi connectivity index (χ2v) is 6.79. The third-order valence-corrected chi connectivity index (χ3v) is 4.62. The highest BCUT2D eigenvalue weighted by atomic mass is 32.2. The number of rotatable bonds is 6. The van der Waals surface area contributed by atoms with E-state index in [0.717, 1.165) is 24.7 Å². The van der Waals surface area contributed by atoms with Crippen LogP contribution in [-0.4, -0.2) is 55.1 Å². The topological polar surface area (TPSA) is 61.8 Å². The minimum atomic E-state index is -0.464. The fourth-order valence-electron chi connectivity index (χ4n) is 1.48. The van der Waals surface area contributed by atoms with Crippen molar-refractivity contribution < 1.29 is 23.8 Å². The van der Waals surface area contributed by atoms with Crippen molar-refractivity contribution in [2.75, 3.05) is 37.1 Å². The summed E-state index contributed by atoms with van der Waals surface area (Å²) in [4.78, 5) is 22.9. The van der Waals surface area contributed by atoms with Crippen LogP contribution in [0.4, 0.5) is 0 Å². The molecule has 0 saturated carbocycles. The lowest BCUT2D eigenvalue weighted by atomic mass is 10.3. The SMILES string of the molecule is C=C(C)C(=O)OCC(C)OC(=O)C[S+]1CCOCC1. The molecule has 0 spiro atoms. The highest BCUT2D eigenvalue weighted by molar-refractivity contribution is 7.97. The molecule has 0 aromatic carbocycles. The number of carbonyl (C=O) groups is 2. The van der Waals surface area contributed by atoms with Crippen LogP contribution in [0, 0.1) is 0 Å². The number of hydrogen-bond donors (Lipinski definition) is 0. The molecule has 0 aromatic rings. The zero-order valence-corrected chi connectivity index (χ0v) is 12.3. The number of ether oxygens (including phenoxy) is 3. The minimum absolute atomic E-state index is 0.0638. The van der Waals surface area contributed by atoms with Crippen molar-refractivity contribution in [1.29, 1.82) is 0 Å². The predicted molar refractivity (Wildman–Crippen MR) is 74.1 cm³/mol. The van der Waals surface area contributed by atoms with Crippen LogP contribution in [0.5, 0.6) is 0 Å². The molecule has 1 saturated heterocycles. The van der Waals surface area contributed by atoms with Gasteiger partial charge in [-0.3, -0.25) is 0 Å². The first-order chi connectivity index (χ1) is 8.99. The first kappa shape index (κ1) is 16.0. The summed E-state index contributed by atoms with van der Waals surface area (Å²) in [7, 11) is 0.0674. The molecule has 6 heteroatoms. The van der Waals surface area contributed by atoms with Crippen LogP contribution in [-0.2, 0) is 34.7 Å². The van der Waals surface area contributed by atoms with Gasteiger partial charge in [0.2, 0.25) is 5.75 Å². The van der Waals surface area contributed by atoms with Gasteiger partial charge in [0, 0.05) is 16.5 Å². The van der Waals surface area contributed by atoms with Gasteiger partial charge in [-0.1, -0.05) is 6.58 Å². The first-order valence-corrected chi connectivity index (χ1v) is 7.96. The molecule has 0 radical (unpaired) electrons. The Morgan fingerprint density at radius 3 is 2.58 bits per heavy atom. The van der Waals surface area contributed by atoms with Crippen LogP contribution in [0.3, 0.4) is 0 Å². The first-order valence-electron chi connectivity index (χ1n) is 6.23. The lowest BCUT2D eigenvalue weighted by Crippen LogP contribution is -2.34. The molecule has 1 atom stereocenters. The van der Waals surface area contributed by atoms with Gasteiger partial charge in [-0.15, -0.1) is 0 Å². The molecule has 1 rings (SSSR count). The van der Waals surface area contributed by atoms with Crippen molar-refractivity contribution in [3.8, 4) is 0 Å². The summed E-state index contributed by atoms with van der Waals surface area (Å²) in [6, 6.07) is 0. The smallest absolute Gasteiger partial charge is 0.356 e. The Morgan fingerprint density at radius 2 is 2.00 bits per heavy atom. The quantitative estimate of drug-likeness (QED) is 0.409. The van der Waals surface area contributed by atoms with Crippen molar-refractivity contribution in [3.63, 3.8) is 0 Å². The lowest BCUT2D eigenvalue weighted by molar-refractivity contribution is -0.153. The Kier molecular flexibility index (Phi) is 6.94. The van der Waals surface area contributed by atoms with E-state index in [0.29, 0.717) is 11.3 Å². The van der Waals surface area contributed by atoms with Crippen LogP contribution in [0.1, 0.15) is 13.8 Å². The highest BCUT2D eigenvalue weighted by Crippen LogP contribution is 2.06. The summed E-state index contributed by atoms with van der Waals surface area (Å²) < 4.78 is 15.4. The van der Waals surface area contributed by atoms with Crippen LogP contribution < -0.4 is 0 Å². The van der Waals surface area contributed by atoms with E-state index in [-0.39, 0.29) is 23.5 Å². The zero-order chi connectivity index (χ0) is 14.3. The fraction of sp³-hybridized carbons (Fsp3) is 0.692. The van der Waals surface area contributed by atoms with E-state index in [9.17, 15) is 9.59 Å². The third-order valence-electron chi connectivity index (χ3n) is 2.48. The van der Waals surface area contributed by atoms with Crippen molar-refractivity contribution in [2.45, 2.75) is 20.0 Å². The van der Waals surface area contributed by atoms with E-state index >= 15 is 0 Å². The van der Waals surface area contributed by atoms with E-state index < -0.39 is 12.1 Å². The maximum atomic E-state index is 11.7. The fourth-order valence-corrected chi connectivity index (χ4v) is 3.08. The van der Waals surface area contributed by atoms with Gasteiger partial charge in [0.1, 0.15) is 24.2 Å². The third kappa shape index (κ3) is 6.63. The number of hydrogen-bond acceptors (Lipinski definition) is 5. The Labute approximate surface area is 116 Å². The van der Waals surface area contributed by atoms with Crippen LogP contribution >= 0.6 is 0 Å². The second kappa shape index (κ2) is 8.22. The van der Waals surface area contributed by atoms with E-state index in [1.165, 1.54) is 0 Å². The molecule has 0 amide bonds. The Bertz CT molecular complexity index is 336. The molecular formula is C13H21O5S+. The normalized spacial score (nSPS) is 17.6. The molecule has 1 fully saturated rings. The Morgan fingerprint density at radius 1 is 1.37 bits per heavy atom. The van der Waals surface area contributed by atoms with Crippen molar-refractivity contribution >= 4 is 22.8 Å². The minimum Gasteiger partial charge on any atom is -0.458 e. The number of esters is 2. The Hall–Kier alpha value is -1.01. The number of carbonyl (C=O) groups excluding carboxylic acids is 2. The van der Waals surface area contributed by atoms with Crippen LogP contribution in [0.25, 0.3) is 0 Å². The molecular weight excluding hydrogens is 268 g/mol. The molecule has 0 bridgehead atoms. The van der Waals surface area contributed by atoms with E-state index in [1.807, 2.05) is 0 Å². The maximum absolute atomic E-state index is 11.7. The summed E-state index contributed by atoms with van der Waals surface area (Å²) >= 11 is 0. The molecule has 1 aliphatic heterocycles. The lowest BCUT2D eigenvalue weighted by Gasteiger charge is -2.16. The second-order valence-electron chi connectivity index (χ2n) is 4.46. The molecule has 0 aliphatic carbocycles. The van der Waals surface area contributed by atoms with Crippen LogP contribution in [0.2, 0.25) is 0 Å². The summed E-state index contributed by atoms with van der Waals surface area (Å²) in [6.45, 7) is 8.27. The van der Waals surface area contributed by atoms with Crippen molar-refractivity contribution in [3.05, 3.63) is 12.2 Å². The van der Waals surface area contributed by atoms with Gasteiger partial charge in [-0.2, -0.15) is 0 Å². The molecule has 0 N–H and O–H groups in total. The van der Waals surface area contributed by atoms with Gasteiger partial charge >= 0.3 is 11.9 Å². The van der Waals surface area contributed by atoms with E-state index in [4.69, 9.17) is 14.2 Å². The van der Waals surface area contributed by atoms with Gasteiger partial charge < -0.3 is 14.2 Å². The monoisotopic (exact) mass is 289 g/mol. The zero-order valence-electron chi connectivity index (χ0n) is 11.5. The summed E-state index contributed by atoms with van der Waals surface area (Å²) in [5.74, 6) is 1.59. The van der Waals surface area contributed by atoms with E-state index in [1.54, 1.807) is 13.8 Å². The Balaban J connectivity index is 2.19. The van der Waals surface area contributed by atoms with E-state index in [2.05, 4.69) is 6.58 Å². The largest absolute Gasteiger partial charge is 0.458 e. The summed E-state index contributed by atoms with van der Waals surface area (Å²) in [6.07, 6.45) is -0.430. The van der Waals surface area contributed by atoms with Gasteiger partial charge in [0.25, 0.3) is 0 Å². The predicted octanol–water partition coefficient (Wildman–Crippen LogP) is 0.686. The molecule has 1 heterocycles. The average molecular weight is 289 g/mol. The molecule has 108 valence electrons. The summed E-state index contributed by atoms with van der Waals surface area (Å²) in [5.41, 5.74) is 0.335. The average Bonchev–Trinajstić information content (AvgIpc) is 2.36. The van der Waals surface area contributed by atoms with Gasteiger partial charge in [-0.05, 0) is 13.8 Å². The van der Waals surface area contributed by atoms with Gasteiger partial charge in [0.05, 0.1) is 13.2 Å². The van der Waals surface area contributed by atoms with Gasteiger partial charge in [-0.25, -0.2) is 9.59 Å².